The molecule has 0 saturated carbocycles. The molecule has 1 saturated heterocycles. The molecule has 3 nitrogen and oxygen atoms in total. The van der Waals surface area contributed by atoms with Gasteiger partial charge in [0.1, 0.15) is 0 Å². The van der Waals surface area contributed by atoms with Crippen LogP contribution in [0.1, 0.15) is 33.1 Å². The lowest BCUT2D eigenvalue weighted by atomic mass is 10.0. The molecule has 0 aromatic heterocycles. The maximum Gasteiger partial charge on any atom is 0.0559 e. The molecule has 1 fully saturated rings. The average molecular weight is 215 g/mol. The maximum atomic E-state index is 5.83. The summed E-state index contributed by atoms with van der Waals surface area (Å²) in [4.78, 5) is 0. The van der Waals surface area contributed by atoms with Crippen LogP contribution in [-0.2, 0) is 9.47 Å². The van der Waals surface area contributed by atoms with Crippen molar-refractivity contribution in [2.75, 3.05) is 32.9 Å². The van der Waals surface area contributed by atoms with E-state index in [1.54, 1.807) is 0 Å². The van der Waals surface area contributed by atoms with Gasteiger partial charge in [-0.1, -0.05) is 6.92 Å². The van der Waals surface area contributed by atoms with E-state index in [0.29, 0.717) is 6.10 Å². The van der Waals surface area contributed by atoms with Crippen molar-refractivity contribution < 1.29 is 9.47 Å². The highest BCUT2D eigenvalue weighted by Crippen LogP contribution is 2.15. The molecule has 0 aromatic carbocycles. The molecule has 0 bridgehead atoms. The number of hydrogen-bond acceptors (Lipinski definition) is 3. The molecule has 1 heterocycles. The first-order valence-corrected chi connectivity index (χ1v) is 6.23. The third kappa shape index (κ3) is 6.13. The Bertz CT molecular complexity index is 147. The number of nitrogens with one attached hydrogen (secondary N) is 1. The van der Waals surface area contributed by atoms with Crippen molar-refractivity contribution in [3.8, 4) is 0 Å². The van der Waals surface area contributed by atoms with E-state index < -0.39 is 0 Å². The highest BCUT2D eigenvalue weighted by molar-refractivity contribution is 4.63. The van der Waals surface area contributed by atoms with Gasteiger partial charge in [0.05, 0.1) is 6.10 Å². The van der Waals surface area contributed by atoms with Crippen LogP contribution in [0.25, 0.3) is 0 Å². The Balaban J connectivity index is 1.97. The molecular formula is C12H25NO2. The van der Waals surface area contributed by atoms with Crippen LogP contribution in [0.4, 0.5) is 0 Å². The van der Waals surface area contributed by atoms with Gasteiger partial charge in [0.25, 0.3) is 0 Å². The monoisotopic (exact) mass is 215 g/mol. The predicted octanol–water partition coefficient (Wildman–Crippen LogP) is 1.82. The topological polar surface area (TPSA) is 30.5 Å². The van der Waals surface area contributed by atoms with Gasteiger partial charge in [0, 0.05) is 19.8 Å². The fourth-order valence-corrected chi connectivity index (χ4v) is 1.78. The van der Waals surface area contributed by atoms with Gasteiger partial charge in [-0.3, -0.25) is 0 Å². The Morgan fingerprint density at radius 3 is 2.80 bits per heavy atom. The van der Waals surface area contributed by atoms with Crippen LogP contribution in [0.5, 0.6) is 0 Å². The quantitative estimate of drug-likeness (QED) is 0.657. The lowest BCUT2D eigenvalue weighted by molar-refractivity contribution is -0.00693. The van der Waals surface area contributed by atoms with Gasteiger partial charge >= 0.3 is 0 Å². The van der Waals surface area contributed by atoms with E-state index in [0.717, 1.165) is 45.2 Å². The van der Waals surface area contributed by atoms with Crippen LogP contribution < -0.4 is 5.32 Å². The Morgan fingerprint density at radius 1 is 1.40 bits per heavy atom. The first kappa shape index (κ1) is 12.9. The van der Waals surface area contributed by atoms with E-state index in [-0.39, 0.29) is 0 Å². The Hall–Kier alpha value is -0.120. The van der Waals surface area contributed by atoms with E-state index in [9.17, 15) is 0 Å². The van der Waals surface area contributed by atoms with Crippen molar-refractivity contribution in [1.82, 2.24) is 5.32 Å². The highest BCUT2D eigenvalue weighted by atomic mass is 16.5. The Kier molecular flexibility index (Phi) is 6.98. The first-order chi connectivity index (χ1) is 7.33. The summed E-state index contributed by atoms with van der Waals surface area (Å²) >= 11 is 0. The maximum absolute atomic E-state index is 5.83. The SMILES string of the molecule is CCNCCC(C)OCC1CCOCC1. The fourth-order valence-electron chi connectivity index (χ4n) is 1.78. The number of ether oxygens (including phenoxy) is 2. The molecule has 0 aliphatic carbocycles. The van der Waals surface area contributed by atoms with Gasteiger partial charge in [-0.2, -0.15) is 0 Å². The standard InChI is InChI=1S/C12H25NO2/c1-3-13-7-4-11(2)15-10-12-5-8-14-9-6-12/h11-13H,3-10H2,1-2H3. The average Bonchev–Trinajstić information content (AvgIpc) is 2.28. The third-order valence-corrected chi connectivity index (χ3v) is 2.93. The Morgan fingerprint density at radius 2 is 2.13 bits per heavy atom. The summed E-state index contributed by atoms with van der Waals surface area (Å²) < 4.78 is 11.2. The van der Waals surface area contributed by atoms with Crippen LogP contribution in [0.3, 0.4) is 0 Å². The highest BCUT2D eigenvalue weighted by Gasteiger charge is 2.14. The van der Waals surface area contributed by atoms with Gasteiger partial charge < -0.3 is 14.8 Å². The molecule has 1 aliphatic rings. The van der Waals surface area contributed by atoms with Crippen LogP contribution in [0, 0.1) is 5.92 Å². The summed E-state index contributed by atoms with van der Waals surface area (Å²) in [6.45, 7) is 9.15. The third-order valence-electron chi connectivity index (χ3n) is 2.93. The van der Waals surface area contributed by atoms with Crippen molar-refractivity contribution in [2.24, 2.45) is 5.92 Å². The summed E-state index contributed by atoms with van der Waals surface area (Å²) in [6, 6.07) is 0. The van der Waals surface area contributed by atoms with Crippen molar-refractivity contribution >= 4 is 0 Å². The van der Waals surface area contributed by atoms with Crippen molar-refractivity contribution in [3.05, 3.63) is 0 Å². The van der Waals surface area contributed by atoms with E-state index in [1.165, 1.54) is 12.8 Å². The molecule has 1 unspecified atom stereocenters. The fraction of sp³-hybridized carbons (Fsp3) is 1.00. The summed E-state index contributed by atoms with van der Waals surface area (Å²) in [5.41, 5.74) is 0. The molecule has 0 radical (unpaired) electrons. The normalized spacial score (nSPS) is 20.4. The van der Waals surface area contributed by atoms with Gasteiger partial charge in [0.2, 0.25) is 0 Å². The molecule has 0 amide bonds. The summed E-state index contributed by atoms with van der Waals surface area (Å²) in [5.74, 6) is 0.723. The molecule has 1 atom stereocenters. The van der Waals surface area contributed by atoms with E-state index in [2.05, 4.69) is 19.2 Å². The van der Waals surface area contributed by atoms with Gasteiger partial charge in [-0.05, 0) is 45.2 Å². The van der Waals surface area contributed by atoms with Gasteiger partial charge in [0.15, 0.2) is 0 Å². The minimum absolute atomic E-state index is 0.381. The smallest absolute Gasteiger partial charge is 0.0559 e. The largest absolute Gasteiger partial charge is 0.381 e. The van der Waals surface area contributed by atoms with Crippen molar-refractivity contribution in [2.45, 2.75) is 39.2 Å². The molecule has 0 aromatic rings. The molecule has 0 spiro atoms. The Labute approximate surface area is 93.5 Å². The van der Waals surface area contributed by atoms with E-state index in [4.69, 9.17) is 9.47 Å². The molecule has 1 rings (SSSR count). The zero-order valence-electron chi connectivity index (χ0n) is 10.1. The van der Waals surface area contributed by atoms with Crippen LogP contribution in [-0.4, -0.2) is 39.0 Å². The molecule has 90 valence electrons. The van der Waals surface area contributed by atoms with Gasteiger partial charge in [-0.25, -0.2) is 0 Å². The number of rotatable bonds is 7. The van der Waals surface area contributed by atoms with Crippen LogP contribution >= 0.6 is 0 Å². The molecule has 3 heteroatoms. The minimum Gasteiger partial charge on any atom is -0.381 e. The first-order valence-electron chi connectivity index (χ1n) is 6.23. The molecule has 15 heavy (non-hydrogen) atoms. The van der Waals surface area contributed by atoms with Gasteiger partial charge in [-0.15, -0.1) is 0 Å². The lowest BCUT2D eigenvalue weighted by Crippen LogP contribution is -2.25. The zero-order valence-corrected chi connectivity index (χ0v) is 10.1. The second-order valence-corrected chi connectivity index (χ2v) is 4.34. The second-order valence-electron chi connectivity index (χ2n) is 4.34. The summed E-state index contributed by atoms with van der Waals surface area (Å²) in [6.07, 6.45) is 3.82. The molecule has 1 N–H and O–H groups in total. The summed E-state index contributed by atoms with van der Waals surface area (Å²) in [7, 11) is 0. The van der Waals surface area contributed by atoms with E-state index in [1.807, 2.05) is 0 Å². The lowest BCUT2D eigenvalue weighted by Gasteiger charge is -2.23. The molecule has 1 aliphatic heterocycles. The minimum atomic E-state index is 0.381. The van der Waals surface area contributed by atoms with E-state index >= 15 is 0 Å². The summed E-state index contributed by atoms with van der Waals surface area (Å²) in [5, 5.41) is 3.32. The predicted molar refractivity (Wildman–Crippen MR) is 62.1 cm³/mol. The zero-order chi connectivity index (χ0) is 10.9. The van der Waals surface area contributed by atoms with Crippen LogP contribution in [0.15, 0.2) is 0 Å². The van der Waals surface area contributed by atoms with Crippen molar-refractivity contribution in [3.63, 3.8) is 0 Å². The number of hydrogen-bond donors (Lipinski definition) is 1. The van der Waals surface area contributed by atoms with Crippen LogP contribution in [0.2, 0.25) is 0 Å². The van der Waals surface area contributed by atoms with Crippen molar-refractivity contribution in [1.29, 1.82) is 0 Å². The molecular weight excluding hydrogens is 190 g/mol. The second kappa shape index (κ2) is 8.08.